The lowest BCUT2D eigenvalue weighted by Crippen LogP contribution is -2.46. The lowest BCUT2D eigenvalue weighted by molar-refractivity contribution is 0.00873. The fraction of sp³-hybridized carbons (Fsp3) is 0.250. The van der Waals surface area contributed by atoms with Crippen molar-refractivity contribution in [3.63, 3.8) is 0 Å². The van der Waals surface area contributed by atoms with Gasteiger partial charge in [-0.2, -0.15) is 0 Å². The van der Waals surface area contributed by atoms with Crippen molar-refractivity contribution >= 4 is 29.3 Å². The van der Waals surface area contributed by atoms with Gasteiger partial charge in [0.1, 0.15) is 23.7 Å². The lowest BCUT2D eigenvalue weighted by Gasteiger charge is -2.18. The molecule has 196 valence electrons. The maximum absolute atomic E-state index is 12.6. The number of carbonyl (C=O) groups excluding carboxylic acids is 3. The number of para-hydroxylation sites is 1. The first-order valence-corrected chi connectivity index (χ1v) is 12.2. The van der Waals surface area contributed by atoms with Crippen molar-refractivity contribution in [1.82, 2.24) is 5.32 Å². The summed E-state index contributed by atoms with van der Waals surface area (Å²) in [5, 5.41) is 8.29. The first-order valence-electron chi connectivity index (χ1n) is 12.2. The molecule has 0 unspecified atom stereocenters. The highest BCUT2D eigenvalue weighted by atomic mass is 16.6. The van der Waals surface area contributed by atoms with E-state index in [4.69, 9.17) is 18.9 Å². The van der Waals surface area contributed by atoms with E-state index in [1.807, 2.05) is 30.3 Å². The van der Waals surface area contributed by atoms with Gasteiger partial charge in [0.05, 0.1) is 19.3 Å². The second-order valence-electron chi connectivity index (χ2n) is 8.94. The summed E-state index contributed by atoms with van der Waals surface area (Å²) >= 11 is 0. The molecule has 0 bridgehead atoms. The van der Waals surface area contributed by atoms with Crippen LogP contribution in [0.15, 0.2) is 78.9 Å². The number of ether oxygens (including phenoxy) is 4. The van der Waals surface area contributed by atoms with Gasteiger partial charge in [-0.3, -0.25) is 10.1 Å². The number of anilines is 2. The Bertz CT molecular complexity index is 1280. The summed E-state index contributed by atoms with van der Waals surface area (Å²) in [6.07, 6.45) is -2.23. The van der Waals surface area contributed by atoms with Gasteiger partial charge in [0.25, 0.3) is 0 Å². The van der Waals surface area contributed by atoms with Gasteiger partial charge < -0.3 is 29.6 Å². The largest absolute Gasteiger partial charge is 0.457 e. The Morgan fingerprint density at radius 1 is 0.763 bits per heavy atom. The number of nitrogens with one attached hydrogen (secondary N) is 3. The van der Waals surface area contributed by atoms with Gasteiger partial charge in [0.15, 0.2) is 11.9 Å². The van der Waals surface area contributed by atoms with Crippen LogP contribution in [0.3, 0.4) is 0 Å². The minimum absolute atomic E-state index is 0.0603. The molecular weight excluding hydrogens is 490 g/mol. The molecule has 3 aromatic carbocycles. The van der Waals surface area contributed by atoms with Crippen LogP contribution in [0.4, 0.5) is 21.0 Å². The molecule has 0 aromatic heterocycles. The summed E-state index contributed by atoms with van der Waals surface area (Å²) in [4.78, 5) is 36.3. The standard InChI is InChI=1S/C28H27N3O7/c1-17(32)18-7-9-20(10-8-18)30-28(34)38-24-16-36-25-23(15-35-26(24)25)31-27(33)29-19-11-13-22(14-12-19)37-21-5-3-2-4-6-21/h2-14,23-26H,15-16H2,1H3,(H,30,34)(H2,29,31,33)/t23-,24+,25+,26+/m0/s1. The van der Waals surface area contributed by atoms with Gasteiger partial charge in [-0.15, -0.1) is 0 Å². The Balaban J connectivity index is 1.08. The van der Waals surface area contributed by atoms with E-state index >= 15 is 0 Å². The van der Waals surface area contributed by atoms with E-state index in [1.165, 1.54) is 6.92 Å². The van der Waals surface area contributed by atoms with E-state index in [2.05, 4.69) is 16.0 Å². The Labute approximate surface area is 219 Å². The first kappa shape index (κ1) is 25.2. The van der Waals surface area contributed by atoms with E-state index in [0.717, 1.165) is 5.75 Å². The van der Waals surface area contributed by atoms with Gasteiger partial charge >= 0.3 is 12.1 Å². The number of urea groups is 1. The fourth-order valence-corrected chi connectivity index (χ4v) is 4.33. The van der Waals surface area contributed by atoms with E-state index < -0.39 is 36.5 Å². The molecule has 0 aliphatic carbocycles. The SMILES string of the molecule is CC(=O)c1ccc(NC(=O)O[C@@H]2CO[C@H]3[C@@H]2OC[C@@H]3NC(=O)Nc2ccc(Oc3ccccc3)cc2)cc1. The molecule has 2 saturated heterocycles. The van der Waals surface area contributed by atoms with Gasteiger partial charge in [-0.1, -0.05) is 18.2 Å². The molecule has 2 aliphatic heterocycles. The summed E-state index contributed by atoms with van der Waals surface area (Å²) in [6, 6.07) is 22.1. The van der Waals surface area contributed by atoms with Crippen molar-refractivity contribution in [2.45, 2.75) is 31.3 Å². The summed E-state index contributed by atoms with van der Waals surface area (Å²) in [5.74, 6) is 1.31. The van der Waals surface area contributed by atoms with Crippen molar-refractivity contribution in [3.05, 3.63) is 84.4 Å². The first-order chi connectivity index (χ1) is 18.4. The zero-order valence-corrected chi connectivity index (χ0v) is 20.6. The maximum Gasteiger partial charge on any atom is 0.412 e. The van der Waals surface area contributed by atoms with Crippen LogP contribution in [0.2, 0.25) is 0 Å². The highest BCUT2D eigenvalue weighted by Gasteiger charge is 2.50. The minimum Gasteiger partial charge on any atom is -0.457 e. The molecule has 10 nitrogen and oxygen atoms in total. The van der Waals surface area contributed by atoms with Crippen molar-refractivity contribution < 1.29 is 33.3 Å². The topological polar surface area (TPSA) is 124 Å². The number of ketones is 1. The van der Waals surface area contributed by atoms with E-state index in [0.29, 0.717) is 22.7 Å². The Hall–Kier alpha value is -4.41. The summed E-state index contributed by atoms with van der Waals surface area (Å²) < 4.78 is 22.9. The van der Waals surface area contributed by atoms with Crippen LogP contribution in [0.5, 0.6) is 11.5 Å². The zero-order chi connectivity index (χ0) is 26.5. The van der Waals surface area contributed by atoms with Crippen LogP contribution < -0.4 is 20.7 Å². The number of Topliss-reactive ketones (excluding diaryl/α,β-unsaturated/α-hetero) is 1. The van der Waals surface area contributed by atoms with Crippen molar-refractivity contribution in [3.8, 4) is 11.5 Å². The quantitative estimate of drug-likeness (QED) is 0.392. The van der Waals surface area contributed by atoms with Gasteiger partial charge in [0, 0.05) is 16.9 Å². The molecule has 2 fully saturated rings. The normalized spacial score (nSPS) is 21.7. The number of fused-ring (bicyclic) bond motifs is 1. The van der Waals surface area contributed by atoms with Gasteiger partial charge in [0.2, 0.25) is 0 Å². The van der Waals surface area contributed by atoms with Crippen LogP contribution in [-0.4, -0.2) is 55.5 Å². The highest BCUT2D eigenvalue weighted by Crippen LogP contribution is 2.29. The molecule has 4 atom stereocenters. The average molecular weight is 518 g/mol. The molecule has 10 heteroatoms. The summed E-state index contributed by atoms with van der Waals surface area (Å²) in [7, 11) is 0. The van der Waals surface area contributed by atoms with Crippen molar-refractivity contribution in [2.24, 2.45) is 0 Å². The number of hydrogen-bond acceptors (Lipinski definition) is 7. The van der Waals surface area contributed by atoms with Crippen LogP contribution in [-0.2, 0) is 14.2 Å². The van der Waals surface area contributed by atoms with Crippen LogP contribution in [0.1, 0.15) is 17.3 Å². The van der Waals surface area contributed by atoms with Crippen LogP contribution in [0.25, 0.3) is 0 Å². The lowest BCUT2D eigenvalue weighted by atomic mass is 10.1. The predicted octanol–water partition coefficient (Wildman–Crippen LogP) is 4.59. The summed E-state index contributed by atoms with van der Waals surface area (Å²) in [5.41, 5.74) is 1.64. The molecule has 2 aliphatic rings. The van der Waals surface area contributed by atoms with Gasteiger partial charge in [-0.25, -0.2) is 9.59 Å². The minimum atomic E-state index is -0.660. The second-order valence-corrected chi connectivity index (χ2v) is 8.94. The fourth-order valence-electron chi connectivity index (χ4n) is 4.33. The Morgan fingerprint density at radius 2 is 1.39 bits per heavy atom. The predicted molar refractivity (Wildman–Crippen MR) is 139 cm³/mol. The molecule has 3 amide bonds. The molecule has 3 N–H and O–H groups in total. The monoisotopic (exact) mass is 517 g/mol. The highest BCUT2D eigenvalue weighted by molar-refractivity contribution is 5.95. The number of hydrogen-bond donors (Lipinski definition) is 3. The zero-order valence-electron chi connectivity index (χ0n) is 20.6. The number of carbonyl (C=O) groups is 3. The number of amides is 3. The third-order valence-corrected chi connectivity index (χ3v) is 6.21. The molecule has 38 heavy (non-hydrogen) atoms. The second kappa shape index (κ2) is 11.3. The Kier molecular flexibility index (Phi) is 7.52. The molecular formula is C28H27N3O7. The molecule has 5 rings (SSSR count). The van der Waals surface area contributed by atoms with E-state index in [9.17, 15) is 14.4 Å². The molecule has 2 heterocycles. The average Bonchev–Trinajstić information content (AvgIpc) is 3.49. The van der Waals surface area contributed by atoms with Gasteiger partial charge in [-0.05, 0) is 67.6 Å². The number of rotatable bonds is 7. The summed E-state index contributed by atoms with van der Waals surface area (Å²) in [6.45, 7) is 1.84. The van der Waals surface area contributed by atoms with Crippen molar-refractivity contribution in [2.75, 3.05) is 23.8 Å². The van der Waals surface area contributed by atoms with Crippen LogP contribution in [0, 0.1) is 0 Å². The third kappa shape index (κ3) is 6.10. The smallest absolute Gasteiger partial charge is 0.412 e. The molecule has 0 spiro atoms. The van der Waals surface area contributed by atoms with E-state index in [1.54, 1.807) is 48.5 Å². The van der Waals surface area contributed by atoms with E-state index in [-0.39, 0.29) is 19.0 Å². The number of benzene rings is 3. The molecule has 0 saturated carbocycles. The molecule has 0 radical (unpaired) electrons. The maximum atomic E-state index is 12.6. The van der Waals surface area contributed by atoms with Crippen LogP contribution >= 0.6 is 0 Å². The third-order valence-electron chi connectivity index (χ3n) is 6.21. The molecule has 3 aromatic rings. The van der Waals surface area contributed by atoms with Crippen molar-refractivity contribution in [1.29, 1.82) is 0 Å². The Morgan fingerprint density at radius 3 is 2.11 bits per heavy atom.